The number of methoxy groups -OCH3 is 1. The number of thiazole rings is 1. The number of pyridine rings is 3. The van der Waals surface area contributed by atoms with Gasteiger partial charge in [-0.05, 0) is 66.2 Å². The van der Waals surface area contributed by atoms with Gasteiger partial charge in [0.05, 0.1) is 45.9 Å². The van der Waals surface area contributed by atoms with Crippen molar-refractivity contribution >= 4 is 23.3 Å². The van der Waals surface area contributed by atoms with E-state index in [2.05, 4.69) is 15.0 Å². The van der Waals surface area contributed by atoms with Gasteiger partial charge in [-0.15, -0.1) is 11.3 Å². The fourth-order valence-corrected chi connectivity index (χ4v) is 5.11. The van der Waals surface area contributed by atoms with Crippen LogP contribution in [0.5, 0.6) is 5.75 Å². The summed E-state index contributed by atoms with van der Waals surface area (Å²) >= 11 is 1.53. The van der Waals surface area contributed by atoms with E-state index in [-0.39, 0.29) is 11.1 Å². The quantitative estimate of drug-likeness (QED) is 0.217. The molecule has 11 heteroatoms. The highest BCUT2D eigenvalue weighted by molar-refractivity contribution is 7.18. The lowest BCUT2D eigenvalue weighted by Crippen LogP contribution is -2.24. The summed E-state index contributed by atoms with van der Waals surface area (Å²) in [4.78, 5) is 44.1. The van der Waals surface area contributed by atoms with E-state index in [1.807, 2.05) is 53.6 Å². The van der Waals surface area contributed by atoms with Gasteiger partial charge >= 0.3 is 11.9 Å². The first-order valence-corrected chi connectivity index (χ1v) is 13.3. The Morgan fingerprint density at radius 3 is 2.00 bits per heavy atom. The Morgan fingerprint density at radius 2 is 1.41 bits per heavy atom. The third-order valence-electron chi connectivity index (χ3n) is 6.19. The van der Waals surface area contributed by atoms with Crippen LogP contribution in [0, 0.1) is 0 Å². The van der Waals surface area contributed by atoms with Crippen LogP contribution < -0.4 is 4.74 Å². The van der Waals surface area contributed by atoms with Crippen molar-refractivity contribution in [2.45, 2.75) is 19.6 Å². The van der Waals surface area contributed by atoms with Gasteiger partial charge in [0, 0.05) is 38.2 Å². The number of ether oxygens (including phenoxy) is 1. The minimum atomic E-state index is -1.04. The van der Waals surface area contributed by atoms with Gasteiger partial charge in [-0.3, -0.25) is 14.9 Å². The van der Waals surface area contributed by atoms with Gasteiger partial charge in [-0.1, -0.05) is 6.07 Å². The predicted octanol–water partition coefficient (Wildman–Crippen LogP) is 5.27. The number of aromatic nitrogens is 4. The number of carboxylic acid groups (broad SMARTS) is 2. The van der Waals surface area contributed by atoms with Crippen LogP contribution >= 0.6 is 11.3 Å². The standard InChI is InChI=1S/C30H25N5O5S/c1-40-25-7-5-19(6-8-25)27-15-33-28(41-27)26-4-2-3-22(34-26)16-35(17-23-13-20(29(36)37)9-11-31-23)18-24-14-21(30(38)39)10-12-32-24/h2-15H,16-18H2,1H3,(H,36,37)(H,38,39). The van der Waals surface area contributed by atoms with Gasteiger partial charge in [0.25, 0.3) is 0 Å². The molecule has 0 spiro atoms. The van der Waals surface area contributed by atoms with Crippen molar-refractivity contribution in [2.24, 2.45) is 0 Å². The predicted molar refractivity (Wildman–Crippen MR) is 153 cm³/mol. The molecule has 0 radical (unpaired) electrons. The van der Waals surface area contributed by atoms with Gasteiger partial charge < -0.3 is 14.9 Å². The lowest BCUT2D eigenvalue weighted by atomic mass is 10.2. The second kappa shape index (κ2) is 12.5. The molecule has 0 amide bonds. The van der Waals surface area contributed by atoms with Crippen LogP contribution in [0.4, 0.5) is 0 Å². The third kappa shape index (κ3) is 6.96. The van der Waals surface area contributed by atoms with Crippen molar-refractivity contribution in [3.63, 3.8) is 0 Å². The third-order valence-corrected chi connectivity index (χ3v) is 7.26. The Hall–Kier alpha value is -5.00. The first kappa shape index (κ1) is 27.6. The Labute approximate surface area is 239 Å². The normalized spacial score (nSPS) is 11.0. The topological polar surface area (TPSA) is 139 Å². The molecule has 4 heterocycles. The highest BCUT2D eigenvalue weighted by Gasteiger charge is 2.15. The van der Waals surface area contributed by atoms with E-state index < -0.39 is 11.9 Å². The van der Waals surface area contributed by atoms with Gasteiger partial charge in [-0.2, -0.15) is 0 Å². The number of hydrogen-bond donors (Lipinski definition) is 2. The van der Waals surface area contributed by atoms with E-state index in [9.17, 15) is 19.8 Å². The van der Waals surface area contributed by atoms with Crippen LogP contribution in [0.3, 0.4) is 0 Å². The lowest BCUT2D eigenvalue weighted by Gasteiger charge is -2.22. The van der Waals surface area contributed by atoms with Crippen LogP contribution in [0.15, 0.2) is 85.3 Å². The molecule has 0 aliphatic heterocycles. The molecule has 0 unspecified atom stereocenters. The summed E-state index contributed by atoms with van der Waals surface area (Å²) in [5.41, 5.74) is 3.90. The second-order valence-electron chi connectivity index (χ2n) is 9.10. The maximum Gasteiger partial charge on any atom is 0.335 e. The molecule has 0 aliphatic carbocycles. The molecule has 0 saturated carbocycles. The van der Waals surface area contributed by atoms with Gasteiger partial charge in [0.1, 0.15) is 10.8 Å². The molecule has 5 rings (SSSR count). The summed E-state index contributed by atoms with van der Waals surface area (Å²) in [5.74, 6) is -1.29. The Bertz CT molecular complexity index is 1630. The number of aromatic carboxylic acids is 2. The lowest BCUT2D eigenvalue weighted by molar-refractivity contribution is 0.0686. The molecular formula is C30H25N5O5S. The summed E-state index contributed by atoms with van der Waals surface area (Å²) in [6.07, 6.45) is 4.74. The van der Waals surface area contributed by atoms with Crippen molar-refractivity contribution in [2.75, 3.05) is 7.11 Å². The molecule has 4 aromatic heterocycles. The van der Waals surface area contributed by atoms with Gasteiger partial charge in [0.2, 0.25) is 0 Å². The van der Waals surface area contributed by atoms with Crippen LogP contribution in [0.2, 0.25) is 0 Å². The zero-order valence-corrected chi connectivity index (χ0v) is 22.8. The van der Waals surface area contributed by atoms with Crippen LogP contribution in [-0.4, -0.2) is 54.1 Å². The molecule has 0 saturated heterocycles. The monoisotopic (exact) mass is 567 g/mol. The maximum atomic E-state index is 11.5. The average molecular weight is 568 g/mol. The summed E-state index contributed by atoms with van der Waals surface area (Å²) in [6, 6.07) is 19.4. The Morgan fingerprint density at radius 1 is 0.805 bits per heavy atom. The zero-order valence-electron chi connectivity index (χ0n) is 22.0. The summed E-state index contributed by atoms with van der Waals surface area (Å²) in [6.45, 7) is 0.970. The number of carbonyl (C=O) groups is 2. The molecule has 0 bridgehead atoms. The van der Waals surface area contributed by atoms with Crippen molar-refractivity contribution in [1.82, 2.24) is 24.8 Å². The highest BCUT2D eigenvalue weighted by Crippen LogP contribution is 2.32. The molecule has 41 heavy (non-hydrogen) atoms. The first-order valence-electron chi connectivity index (χ1n) is 12.5. The fourth-order valence-electron chi connectivity index (χ4n) is 4.22. The average Bonchev–Trinajstić information content (AvgIpc) is 3.48. The van der Waals surface area contributed by atoms with Crippen molar-refractivity contribution in [1.29, 1.82) is 0 Å². The Kier molecular flexibility index (Phi) is 8.37. The van der Waals surface area contributed by atoms with E-state index >= 15 is 0 Å². The summed E-state index contributed by atoms with van der Waals surface area (Å²) in [5, 5.41) is 19.6. The molecule has 5 aromatic rings. The maximum absolute atomic E-state index is 11.5. The van der Waals surface area contributed by atoms with E-state index in [1.165, 1.54) is 48.0 Å². The molecule has 10 nitrogen and oxygen atoms in total. The summed E-state index contributed by atoms with van der Waals surface area (Å²) in [7, 11) is 1.63. The number of hydrogen-bond acceptors (Lipinski definition) is 9. The molecule has 0 atom stereocenters. The molecule has 0 fully saturated rings. The first-order chi connectivity index (χ1) is 19.9. The van der Waals surface area contributed by atoms with Crippen LogP contribution in [0.1, 0.15) is 37.8 Å². The molecule has 1 aromatic carbocycles. The van der Waals surface area contributed by atoms with Crippen molar-refractivity contribution in [3.8, 4) is 26.9 Å². The highest BCUT2D eigenvalue weighted by atomic mass is 32.1. The van der Waals surface area contributed by atoms with Crippen LogP contribution in [-0.2, 0) is 19.6 Å². The number of nitrogens with zero attached hydrogens (tertiary/aromatic N) is 5. The van der Waals surface area contributed by atoms with E-state index in [0.717, 1.165) is 32.6 Å². The SMILES string of the molecule is COc1ccc(-c2cnc(-c3cccc(CN(Cc4cc(C(=O)O)ccn4)Cc4cc(C(=O)O)ccn4)n3)s2)cc1. The van der Waals surface area contributed by atoms with Crippen molar-refractivity contribution < 1.29 is 24.5 Å². The minimum Gasteiger partial charge on any atom is -0.497 e. The van der Waals surface area contributed by atoms with Gasteiger partial charge in [0.15, 0.2) is 0 Å². The smallest absolute Gasteiger partial charge is 0.335 e. The minimum absolute atomic E-state index is 0.137. The number of benzene rings is 1. The number of carboxylic acids is 2. The molecule has 206 valence electrons. The van der Waals surface area contributed by atoms with Gasteiger partial charge in [-0.25, -0.2) is 19.6 Å². The van der Waals surface area contributed by atoms with Crippen molar-refractivity contribution in [3.05, 3.63) is 114 Å². The molecule has 0 aliphatic rings. The second-order valence-corrected chi connectivity index (χ2v) is 10.1. The molecule has 2 N–H and O–H groups in total. The largest absolute Gasteiger partial charge is 0.497 e. The Balaban J connectivity index is 1.40. The number of rotatable bonds is 11. The van der Waals surface area contributed by atoms with Crippen LogP contribution in [0.25, 0.3) is 21.1 Å². The molecular weight excluding hydrogens is 542 g/mol. The fraction of sp³-hybridized carbons (Fsp3) is 0.133. The van der Waals surface area contributed by atoms with E-state index in [4.69, 9.17) is 9.72 Å². The van der Waals surface area contributed by atoms with E-state index in [1.54, 1.807) is 7.11 Å². The summed E-state index contributed by atoms with van der Waals surface area (Å²) < 4.78 is 5.25. The van der Waals surface area contributed by atoms with E-state index in [0.29, 0.717) is 31.0 Å². The zero-order chi connectivity index (χ0) is 28.8.